The maximum absolute atomic E-state index is 13.7. The molecule has 0 saturated heterocycles. The van der Waals surface area contributed by atoms with Gasteiger partial charge >= 0.3 is 0 Å². The van der Waals surface area contributed by atoms with Crippen molar-refractivity contribution in [1.29, 1.82) is 0 Å². The van der Waals surface area contributed by atoms with Gasteiger partial charge in [-0.25, -0.2) is 8.78 Å². The fourth-order valence-corrected chi connectivity index (χ4v) is 4.62. The maximum atomic E-state index is 13.7. The number of methoxy groups -OCH3 is 1. The van der Waals surface area contributed by atoms with Crippen LogP contribution in [-0.2, 0) is 9.53 Å². The first kappa shape index (κ1) is 20.5. The fourth-order valence-electron chi connectivity index (χ4n) is 4.62. The zero-order chi connectivity index (χ0) is 21.5. The highest BCUT2D eigenvalue weighted by molar-refractivity contribution is 6.23. The Kier molecular flexibility index (Phi) is 5.36. The molecule has 0 bridgehead atoms. The van der Waals surface area contributed by atoms with Crippen LogP contribution in [0.1, 0.15) is 36.8 Å². The van der Waals surface area contributed by atoms with E-state index in [4.69, 9.17) is 4.74 Å². The first-order chi connectivity index (χ1) is 14.3. The summed E-state index contributed by atoms with van der Waals surface area (Å²) >= 11 is 0. The second kappa shape index (κ2) is 7.84. The van der Waals surface area contributed by atoms with E-state index in [1.807, 2.05) is 13.0 Å². The minimum absolute atomic E-state index is 0.0777. The Bertz CT molecular complexity index is 1020. The molecule has 4 rings (SSSR count). The quantitative estimate of drug-likeness (QED) is 0.749. The second-order valence-electron chi connectivity index (χ2n) is 8.32. The molecule has 1 amide bonds. The number of aliphatic hydroxyl groups is 1. The fraction of sp³-hybridized carbons (Fsp3) is 0.375. The number of rotatable bonds is 4. The van der Waals surface area contributed by atoms with Crippen molar-refractivity contribution in [2.75, 3.05) is 13.7 Å². The molecule has 158 valence electrons. The van der Waals surface area contributed by atoms with E-state index in [9.17, 15) is 18.7 Å². The predicted octanol–water partition coefficient (Wildman–Crippen LogP) is 4.91. The van der Waals surface area contributed by atoms with Gasteiger partial charge in [-0.1, -0.05) is 18.2 Å². The van der Waals surface area contributed by atoms with E-state index < -0.39 is 17.2 Å². The number of hydrogen-bond donors (Lipinski definition) is 2. The largest absolute Gasteiger partial charge is 0.509 e. The summed E-state index contributed by atoms with van der Waals surface area (Å²) in [7, 11) is 1.68. The third kappa shape index (κ3) is 3.49. The summed E-state index contributed by atoms with van der Waals surface area (Å²) in [6.07, 6.45) is 3.03. The van der Waals surface area contributed by atoms with Crippen LogP contribution < -0.4 is 5.32 Å². The molecule has 30 heavy (non-hydrogen) atoms. The number of ether oxygens (including phenoxy) is 1. The van der Waals surface area contributed by atoms with Crippen molar-refractivity contribution in [2.24, 2.45) is 5.92 Å². The van der Waals surface area contributed by atoms with Crippen LogP contribution in [0.5, 0.6) is 0 Å². The molecule has 1 saturated carbocycles. The molecule has 1 spiro atoms. The van der Waals surface area contributed by atoms with Gasteiger partial charge in [-0.05, 0) is 79.0 Å². The van der Waals surface area contributed by atoms with Gasteiger partial charge in [0.05, 0.1) is 11.1 Å². The average molecular weight is 413 g/mol. The van der Waals surface area contributed by atoms with Gasteiger partial charge in [0, 0.05) is 13.7 Å². The topological polar surface area (TPSA) is 58.6 Å². The SMILES string of the molecule is COCC1CCC2(CC1)NC(=O)C(c1cc(-c3ccc(F)c(F)c3)ccc1C)=C2O. The predicted molar refractivity (Wildman–Crippen MR) is 111 cm³/mol. The Morgan fingerprint density at radius 1 is 1.10 bits per heavy atom. The zero-order valence-corrected chi connectivity index (χ0v) is 17.1. The third-order valence-electron chi connectivity index (χ3n) is 6.39. The summed E-state index contributed by atoms with van der Waals surface area (Å²) in [5.74, 6) is -1.64. The highest BCUT2D eigenvalue weighted by Crippen LogP contribution is 2.43. The molecule has 2 N–H and O–H groups in total. The minimum Gasteiger partial charge on any atom is -0.509 e. The number of aryl methyl sites for hydroxylation is 1. The Labute approximate surface area is 174 Å². The Morgan fingerprint density at radius 2 is 1.77 bits per heavy atom. The molecular weight excluding hydrogens is 388 g/mol. The van der Waals surface area contributed by atoms with Crippen LogP contribution >= 0.6 is 0 Å². The molecule has 1 aliphatic carbocycles. The normalized spacial score (nSPS) is 23.9. The molecule has 6 heteroatoms. The molecule has 2 aliphatic rings. The standard InChI is InChI=1S/C24H25F2NO3/c1-14-3-4-16(17-5-6-19(25)20(26)12-17)11-18(14)21-22(28)24(27-23(21)29)9-7-15(8-10-24)13-30-2/h3-6,11-12,15,28H,7-10,13H2,1-2H3,(H,27,29). The molecule has 2 aromatic carbocycles. The van der Waals surface area contributed by atoms with Crippen molar-refractivity contribution < 1.29 is 23.4 Å². The first-order valence-electron chi connectivity index (χ1n) is 10.2. The van der Waals surface area contributed by atoms with Gasteiger partial charge in [-0.15, -0.1) is 0 Å². The van der Waals surface area contributed by atoms with Gasteiger partial charge in [-0.3, -0.25) is 4.79 Å². The Morgan fingerprint density at radius 3 is 2.43 bits per heavy atom. The lowest BCUT2D eigenvalue weighted by atomic mass is 9.76. The van der Waals surface area contributed by atoms with Gasteiger partial charge < -0.3 is 15.2 Å². The van der Waals surface area contributed by atoms with Gasteiger partial charge in [0.1, 0.15) is 5.76 Å². The summed E-state index contributed by atoms with van der Waals surface area (Å²) in [4.78, 5) is 12.9. The van der Waals surface area contributed by atoms with Crippen molar-refractivity contribution in [3.8, 4) is 11.1 Å². The summed E-state index contributed by atoms with van der Waals surface area (Å²) in [6.45, 7) is 2.54. The van der Waals surface area contributed by atoms with Gasteiger partial charge in [0.2, 0.25) is 0 Å². The van der Waals surface area contributed by atoms with Crippen LogP contribution in [0.4, 0.5) is 8.78 Å². The van der Waals surface area contributed by atoms with Crippen LogP contribution in [0.15, 0.2) is 42.2 Å². The molecule has 1 fully saturated rings. The first-order valence-corrected chi connectivity index (χ1v) is 10.2. The summed E-state index contributed by atoms with van der Waals surface area (Å²) in [5.41, 5.74) is 2.10. The number of amides is 1. The summed E-state index contributed by atoms with van der Waals surface area (Å²) < 4.78 is 32.3. The van der Waals surface area contributed by atoms with Crippen molar-refractivity contribution >= 4 is 11.5 Å². The van der Waals surface area contributed by atoms with Crippen LogP contribution in [0.25, 0.3) is 16.7 Å². The minimum atomic E-state index is -0.929. The second-order valence-corrected chi connectivity index (χ2v) is 8.32. The number of nitrogens with one attached hydrogen (secondary N) is 1. The number of carbonyl (C=O) groups excluding carboxylic acids is 1. The Hall–Kier alpha value is -2.73. The number of halogens is 2. The van der Waals surface area contributed by atoms with E-state index in [1.165, 1.54) is 6.07 Å². The van der Waals surface area contributed by atoms with Crippen molar-refractivity contribution in [1.82, 2.24) is 5.32 Å². The molecule has 0 atom stereocenters. The number of aliphatic hydroxyl groups excluding tert-OH is 1. The van der Waals surface area contributed by atoms with E-state index >= 15 is 0 Å². The lowest BCUT2D eigenvalue weighted by Gasteiger charge is -2.37. The lowest BCUT2D eigenvalue weighted by molar-refractivity contribution is -0.116. The van der Waals surface area contributed by atoms with E-state index in [0.717, 1.165) is 30.5 Å². The molecule has 0 aromatic heterocycles. The monoisotopic (exact) mass is 413 g/mol. The van der Waals surface area contributed by atoms with Gasteiger partial charge in [-0.2, -0.15) is 0 Å². The van der Waals surface area contributed by atoms with Crippen LogP contribution in [0, 0.1) is 24.5 Å². The van der Waals surface area contributed by atoms with Crippen LogP contribution in [-0.4, -0.2) is 30.3 Å². The molecule has 2 aromatic rings. The number of carbonyl (C=O) groups is 1. The lowest BCUT2D eigenvalue weighted by Crippen LogP contribution is -2.47. The molecule has 1 aliphatic heterocycles. The van der Waals surface area contributed by atoms with Crippen LogP contribution in [0.3, 0.4) is 0 Å². The van der Waals surface area contributed by atoms with E-state index in [2.05, 4.69) is 5.32 Å². The summed E-state index contributed by atoms with van der Waals surface area (Å²) in [6, 6.07) is 9.07. The van der Waals surface area contributed by atoms with E-state index in [0.29, 0.717) is 42.1 Å². The van der Waals surface area contributed by atoms with E-state index in [-0.39, 0.29) is 17.2 Å². The van der Waals surface area contributed by atoms with Gasteiger partial charge in [0.25, 0.3) is 5.91 Å². The van der Waals surface area contributed by atoms with Crippen LogP contribution in [0.2, 0.25) is 0 Å². The highest BCUT2D eigenvalue weighted by atomic mass is 19.2. The van der Waals surface area contributed by atoms with Crippen molar-refractivity contribution in [3.63, 3.8) is 0 Å². The van der Waals surface area contributed by atoms with E-state index in [1.54, 1.807) is 19.2 Å². The smallest absolute Gasteiger partial charge is 0.256 e. The third-order valence-corrected chi connectivity index (χ3v) is 6.39. The summed E-state index contributed by atoms with van der Waals surface area (Å²) in [5, 5.41) is 14.1. The number of hydrogen-bond acceptors (Lipinski definition) is 3. The average Bonchev–Trinajstić information content (AvgIpc) is 2.96. The molecule has 0 unspecified atom stereocenters. The van der Waals surface area contributed by atoms with Crippen molar-refractivity contribution in [3.05, 3.63) is 64.9 Å². The molecule has 0 radical (unpaired) electrons. The van der Waals surface area contributed by atoms with Gasteiger partial charge in [0.15, 0.2) is 11.6 Å². The molecular formula is C24H25F2NO3. The highest BCUT2D eigenvalue weighted by Gasteiger charge is 2.48. The van der Waals surface area contributed by atoms with Crippen molar-refractivity contribution in [2.45, 2.75) is 38.1 Å². The maximum Gasteiger partial charge on any atom is 0.256 e. The Balaban J connectivity index is 1.71. The zero-order valence-electron chi connectivity index (χ0n) is 17.1. The molecule has 1 heterocycles. The number of benzene rings is 2. The molecule has 4 nitrogen and oxygen atoms in total.